The average molecular weight is 204 g/mol. The minimum Gasteiger partial charge on any atom is -0.355 e. The van der Waals surface area contributed by atoms with Gasteiger partial charge in [0.2, 0.25) is 0 Å². The summed E-state index contributed by atoms with van der Waals surface area (Å²) in [6, 6.07) is 7.40. The molecule has 0 aliphatic carbocycles. The fraction of sp³-hybridized carbons (Fsp3) is 0.250. The van der Waals surface area contributed by atoms with E-state index in [2.05, 4.69) is 11.9 Å². The zero-order valence-corrected chi connectivity index (χ0v) is 9.37. The van der Waals surface area contributed by atoms with Crippen LogP contribution in [0.3, 0.4) is 0 Å². The van der Waals surface area contributed by atoms with Gasteiger partial charge in [0.1, 0.15) is 0 Å². The number of carbonyl (C=O) groups excluding carboxylic acids is 1. The van der Waals surface area contributed by atoms with Crippen molar-refractivity contribution >= 4 is 11.6 Å². The first-order chi connectivity index (χ1) is 7.06. The van der Waals surface area contributed by atoms with Gasteiger partial charge in [0.25, 0.3) is 5.91 Å². The van der Waals surface area contributed by atoms with E-state index in [1.165, 1.54) is 0 Å². The lowest BCUT2D eigenvalue weighted by Crippen LogP contribution is -2.18. The van der Waals surface area contributed by atoms with Gasteiger partial charge in [-0.05, 0) is 31.2 Å². The van der Waals surface area contributed by atoms with Crippen LogP contribution >= 0.6 is 0 Å². The molecule has 80 valence electrons. The van der Waals surface area contributed by atoms with Gasteiger partial charge in [0.15, 0.2) is 0 Å². The number of anilines is 1. The van der Waals surface area contributed by atoms with E-state index in [-0.39, 0.29) is 5.91 Å². The Balaban J connectivity index is 2.90. The number of nitrogens with zero attached hydrogens (tertiary/aromatic N) is 1. The molecule has 0 unspecified atom stereocenters. The van der Waals surface area contributed by atoms with Crippen molar-refractivity contribution in [3.05, 3.63) is 42.1 Å². The highest BCUT2D eigenvalue weighted by Crippen LogP contribution is 2.16. The summed E-state index contributed by atoms with van der Waals surface area (Å²) in [6.45, 7) is 5.79. The molecule has 0 fully saturated rings. The highest BCUT2D eigenvalue weighted by Gasteiger charge is 2.04. The third-order valence-electron chi connectivity index (χ3n) is 2.32. The molecule has 1 amide bonds. The molecule has 0 heterocycles. The van der Waals surface area contributed by atoms with Gasteiger partial charge < -0.3 is 10.2 Å². The summed E-state index contributed by atoms with van der Waals surface area (Å²) in [7, 11) is 3.56. The van der Waals surface area contributed by atoms with Crippen molar-refractivity contribution in [2.24, 2.45) is 0 Å². The SMILES string of the molecule is C=C(C)N(C)c1ccc(C(=O)NC)cc1. The van der Waals surface area contributed by atoms with Crippen LogP contribution in [-0.4, -0.2) is 20.0 Å². The summed E-state index contributed by atoms with van der Waals surface area (Å²) < 4.78 is 0. The van der Waals surface area contributed by atoms with Gasteiger partial charge >= 0.3 is 0 Å². The number of rotatable bonds is 3. The van der Waals surface area contributed by atoms with Crippen LogP contribution in [0.1, 0.15) is 17.3 Å². The molecule has 0 saturated heterocycles. The molecule has 3 heteroatoms. The standard InChI is InChI=1S/C12H16N2O/c1-9(2)14(4)11-7-5-10(6-8-11)12(15)13-3/h5-8H,1H2,2-4H3,(H,13,15). The fourth-order valence-electron chi connectivity index (χ4n) is 1.20. The molecule has 0 aromatic heterocycles. The first-order valence-corrected chi connectivity index (χ1v) is 4.77. The van der Waals surface area contributed by atoms with Gasteiger partial charge in [-0.2, -0.15) is 0 Å². The smallest absolute Gasteiger partial charge is 0.251 e. The molecule has 0 bridgehead atoms. The highest BCUT2D eigenvalue weighted by atomic mass is 16.1. The quantitative estimate of drug-likeness (QED) is 0.817. The molecule has 1 N–H and O–H groups in total. The summed E-state index contributed by atoms with van der Waals surface area (Å²) in [5.41, 5.74) is 2.65. The van der Waals surface area contributed by atoms with E-state index in [0.29, 0.717) is 5.56 Å². The maximum atomic E-state index is 11.3. The van der Waals surface area contributed by atoms with E-state index < -0.39 is 0 Å². The molecule has 0 radical (unpaired) electrons. The molecular weight excluding hydrogens is 188 g/mol. The van der Waals surface area contributed by atoms with Crippen LogP contribution in [0.2, 0.25) is 0 Å². The van der Waals surface area contributed by atoms with E-state index in [9.17, 15) is 4.79 Å². The zero-order chi connectivity index (χ0) is 11.4. The summed E-state index contributed by atoms with van der Waals surface area (Å²) in [6.07, 6.45) is 0. The molecule has 15 heavy (non-hydrogen) atoms. The Kier molecular flexibility index (Phi) is 3.50. The van der Waals surface area contributed by atoms with Crippen LogP contribution in [0.15, 0.2) is 36.5 Å². The summed E-state index contributed by atoms with van der Waals surface area (Å²) >= 11 is 0. The molecule has 1 aromatic rings. The van der Waals surface area contributed by atoms with E-state index in [0.717, 1.165) is 11.4 Å². The number of carbonyl (C=O) groups is 1. The highest BCUT2D eigenvalue weighted by molar-refractivity contribution is 5.94. The average Bonchev–Trinajstić information content (AvgIpc) is 2.27. The third-order valence-corrected chi connectivity index (χ3v) is 2.32. The van der Waals surface area contributed by atoms with Gasteiger partial charge in [-0.1, -0.05) is 6.58 Å². The zero-order valence-electron chi connectivity index (χ0n) is 9.37. The van der Waals surface area contributed by atoms with Crippen molar-refractivity contribution in [1.82, 2.24) is 5.32 Å². The van der Waals surface area contributed by atoms with E-state index in [1.807, 2.05) is 31.0 Å². The number of allylic oxidation sites excluding steroid dienone is 1. The van der Waals surface area contributed by atoms with Crippen molar-refractivity contribution in [1.29, 1.82) is 0 Å². The van der Waals surface area contributed by atoms with E-state index >= 15 is 0 Å². The van der Waals surface area contributed by atoms with Gasteiger partial charge in [-0.15, -0.1) is 0 Å². The first kappa shape index (κ1) is 11.3. The van der Waals surface area contributed by atoms with Crippen LogP contribution in [-0.2, 0) is 0 Å². The van der Waals surface area contributed by atoms with Crippen LogP contribution < -0.4 is 10.2 Å². The first-order valence-electron chi connectivity index (χ1n) is 4.77. The minimum atomic E-state index is -0.0699. The molecule has 0 atom stereocenters. The molecular formula is C12H16N2O. The number of hydrogen-bond acceptors (Lipinski definition) is 2. The maximum absolute atomic E-state index is 11.3. The summed E-state index contributed by atoms with van der Waals surface area (Å²) in [5.74, 6) is -0.0699. The summed E-state index contributed by atoms with van der Waals surface area (Å²) in [5, 5.41) is 2.58. The molecule has 0 spiro atoms. The normalized spacial score (nSPS) is 9.53. The van der Waals surface area contributed by atoms with Gasteiger partial charge in [-0.25, -0.2) is 0 Å². The molecule has 0 aliphatic heterocycles. The molecule has 3 nitrogen and oxygen atoms in total. The lowest BCUT2D eigenvalue weighted by atomic mass is 10.2. The monoisotopic (exact) mass is 204 g/mol. The van der Waals surface area contributed by atoms with Gasteiger partial charge in [0, 0.05) is 31.0 Å². The van der Waals surface area contributed by atoms with Crippen molar-refractivity contribution in [3.8, 4) is 0 Å². The van der Waals surface area contributed by atoms with E-state index in [1.54, 1.807) is 19.2 Å². The minimum absolute atomic E-state index is 0.0699. The second kappa shape index (κ2) is 4.64. The number of amides is 1. The van der Waals surface area contributed by atoms with Gasteiger partial charge in [-0.3, -0.25) is 4.79 Å². The topological polar surface area (TPSA) is 32.3 Å². The van der Waals surface area contributed by atoms with Gasteiger partial charge in [0.05, 0.1) is 0 Å². The Morgan fingerprint density at radius 1 is 1.33 bits per heavy atom. The lowest BCUT2D eigenvalue weighted by molar-refractivity contribution is 0.0963. The van der Waals surface area contributed by atoms with Crippen molar-refractivity contribution in [3.63, 3.8) is 0 Å². The second-order valence-corrected chi connectivity index (χ2v) is 3.42. The summed E-state index contributed by atoms with van der Waals surface area (Å²) in [4.78, 5) is 13.3. The molecule has 1 aromatic carbocycles. The number of benzene rings is 1. The van der Waals surface area contributed by atoms with Crippen molar-refractivity contribution in [2.45, 2.75) is 6.92 Å². The van der Waals surface area contributed by atoms with Crippen LogP contribution in [0.5, 0.6) is 0 Å². The number of nitrogens with one attached hydrogen (secondary N) is 1. The predicted molar refractivity (Wildman–Crippen MR) is 63.0 cm³/mol. The Morgan fingerprint density at radius 3 is 2.27 bits per heavy atom. The predicted octanol–water partition coefficient (Wildman–Crippen LogP) is 2.02. The third kappa shape index (κ3) is 2.59. The van der Waals surface area contributed by atoms with Crippen LogP contribution in [0.25, 0.3) is 0 Å². The lowest BCUT2D eigenvalue weighted by Gasteiger charge is -2.18. The Morgan fingerprint density at radius 2 is 1.87 bits per heavy atom. The second-order valence-electron chi connectivity index (χ2n) is 3.42. The molecule has 1 rings (SSSR count). The Bertz CT molecular complexity index is 368. The Hall–Kier alpha value is -1.77. The number of hydrogen-bond donors (Lipinski definition) is 1. The Labute approximate surface area is 90.4 Å². The molecule has 0 aliphatic rings. The largest absolute Gasteiger partial charge is 0.355 e. The van der Waals surface area contributed by atoms with E-state index in [4.69, 9.17) is 0 Å². The van der Waals surface area contributed by atoms with Crippen molar-refractivity contribution in [2.75, 3.05) is 19.0 Å². The molecule has 0 saturated carbocycles. The van der Waals surface area contributed by atoms with Crippen LogP contribution in [0.4, 0.5) is 5.69 Å². The maximum Gasteiger partial charge on any atom is 0.251 e. The van der Waals surface area contributed by atoms with Crippen molar-refractivity contribution < 1.29 is 4.79 Å². The fourth-order valence-corrected chi connectivity index (χ4v) is 1.20. The van der Waals surface area contributed by atoms with Crippen LogP contribution in [0, 0.1) is 0 Å².